The first-order chi connectivity index (χ1) is 8.99. The van der Waals surface area contributed by atoms with Crippen LogP contribution in [0.1, 0.15) is 11.3 Å². The van der Waals surface area contributed by atoms with E-state index in [1.54, 1.807) is 30.3 Å². The molecule has 2 rings (SSSR count). The second-order valence-electron chi connectivity index (χ2n) is 4.02. The van der Waals surface area contributed by atoms with Crippen LogP contribution < -0.4 is 0 Å². The highest BCUT2D eigenvalue weighted by molar-refractivity contribution is 7.50. The lowest BCUT2D eigenvalue weighted by Gasteiger charge is -2.06. The number of hydrogen-bond donors (Lipinski definition) is 2. The van der Waals surface area contributed by atoms with Crippen LogP contribution in [0.3, 0.4) is 0 Å². The van der Waals surface area contributed by atoms with Gasteiger partial charge in [0.05, 0.1) is 23.5 Å². The van der Waals surface area contributed by atoms with E-state index in [1.807, 2.05) is 6.07 Å². The highest BCUT2D eigenvalue weighted by Crippen LogP contribution is 2.38. The molecule has 2 N–H and O–H groups in total. The molecule has 0 radical (unpaired) electrons. The van der Waals surface area contributed by atoms with E-state index >= 15 is 0 Å². The minimum Gasteiger partial charge on any atom is -0.324 e. The van der Waals surface area contributed by atoms with Crippen molar-refractivity contribution in [3.05, 3.63) is 53.9 Å². The van der Waals surface area contributed by atoms with E-state index in [-0.39, 0.29) is 6.16 Å². The lowest BCUT2D eigenvalue weighted by Crippen LogP contribution is -1.92. The van der Waals surface area contributed by atoms with Gasteiger partial charge in [0.1, 0.15) is 0 Å². The Hall–Kier alpha value is -1.99. The van der Waals surface area contributed by atoms with Crippen molar-refractivity contribution in [1.82, 2.24) is 4.98 Å². The summed E-state index contributed by atoms with van der Waals surface area (Å²) in [4.78, 5) is 21.7. The zero-order chi connectivity index (χ0) is 13.9. The highest BCUT2D eigenvalue weighted by Gasteiger charge is 2.15. The number of hydrogen-bond acceptors (Lipinski definition) is 3. The smallest absolute Gasteiger partial charge is 0.324 e. The normalized spacial score (nSPS) is 11.0. The standard InChI is InChI=1S/C13H11N2O3P/c14-7-10-3-1-2-4-13(10)11-5-6-12(15-8-11)9-19(16,17)18/h1-6,8H,9H2,(H2,16,17,18). The van der Waals surface area contributed by atoms with Gasteiger partial charge in [0.25, 0.3) is 0 Å². The van der Waals surface area contributed by atoms with Crippen LogP contribution in [0.15, 0.2) is 42.6 Å². The molecule has 0 unspecified atom stereocenters. The van der Waals surface area contributed by atoms with Gasteiger partial charge in [-0.15, -0.1) is 0 Å². The Labute approximate surface area is 110 Å². The molecule has 0 aliphatic rings. The maximum absolute atomic E-state index is 10.9. The third-order valence-corrected chi connectivity index (χ3v) is 3.29. The Morgan fingerprint density at radius 3 is 2.53 bits per heavy atom. The molecule has 2 aromatic rings. The van der Waals surface area contributed by atoms with E-state index in [0.717, 1.165) is 11.1 Å². The summed E-state index contributed by atoms with van der Waals surface area (Å²) in [6.07, 6.45) is 1.13. The number of nitriles is 1. The first-order valence-corrected chi connectivity index (χ1v) is 7.28. The minimum absolute atomic E-state index is 0.325. The SMILES string of the molecule is N#Cc1ccccc1-c1ccc(CP(=O)(O)O)nc1. The largest absolute Gasteiger partial charge is 0.331 e. The maximum Gasteiger partial charge on any atom is 0.331 e. The summed E-state index contributed by atoms with van der Waals surface area (Å²) in [5.41, 5.74) is 2.35. The van der Waals surface area contributed by atoms with E-state index in [9.17, 15) is 4.57 Å². The predicted octanol–water partition coefficient (Wildman–Crippen LogP) is 2.30. The molecular weight excluding hydrogens is 263 g/mol. The second kappa shape index (κ2) is 5.33. The van der Waals surface area contributed by atoms with Crippen molar-refractivity contribution < 1.29 is 14.4 Å². The van der Waals surface area contributed by atoms with E-state index in [4.69, 9.17) is 15.0 Å². The molecule has 0 fully saturated rings. The van der Waals surface area contributed by atoms with Crippen LogP contribution >= 0.6 is 7.60 Å². The van der Waals surface area contributed by atoms with Gasteiger partial charge in [-0.25, -0.2) is 0 Å². The Morgan fingerprint density at radius 1 is 1.21 bits per heavy atom. The molecule has 0 bridgehead atoms. The Kier molecular flexibility index (Phi) is 3.77. The Balaban J connectivity index is 2.33. The monoisotopic (exact) mass is 274 g/mol. The molecule has 19 heavy (non-hydrogen) atoms. The van der Waals surface area contributed by atoms with Gasteiger partial charge in [0.2, 0.25) is 0 Å². The van der Waals surface area contributed by atoms with Crippen molar-refractivity contribution in [2.45, 2.75) is 6.16 Å². The van der Waals surface area contributed by atoms with E-state index < -0.39 is 7.60 Å². The molecular formula is C13H11N2O3P. The third kappa shape index (κ3) is 3.49. The molecule has 1 aromatic carbocycles. The van der Waals surface area contributed by atoms with Crippen molar-refractivity contribution in [3.8, 4) is 17.2 Å². The number of rotatable bonds is 3. The molecule has 0 aliphatic heterocycles. The fraction of sp³-hybridized carbons (Fsp3) is 0.0769. The summed E-state index contributed by atoms with van der Waals surface area (Å²) in [5.74, 6) is 0. The van der Waals surface area contributed by atoms with Crippen molar-refractivity contribution in [2.75, 3.05) is 0 Å². The number of aromatic nitrogens is 1. The topological polar surface area (TPSA) is 94.2 Å². The van der Waals surface area contributed by atoms with Crippen LogP contribution in [0, 0.1) is 11.3 Å². The lowest BCUT2D eigenvalue weighted by atomic mass is 10.0. The summed E-state index contributed by atoms with van der Waals surface area (Å²) in [6, 6.07) is 12.5. The van der Waals surface area contributed by atoms with Crippen LogP contribution in [0.4, 0.5) is 0 Å². The van der Waals surface area contributed by atoms with Crippen LogP contribution in [0.2, 0.25) is 0 Å². The van der Waals surface area contributed by atoms with Gasteiger partial charge in [-0.1, -0.05) is 24.3 Å². The van der Waals surface area contributed by atoms with Crippen LogP contribution in [-0.2, 0) is 10.7 Å². The summed E-state index contributed by atoms with van der Waals surface area (Å²) in [6.45, 7) is 0. The van der Waals surface area contributed by atoms with Crippen molar-refractivity contribution in [1.29, 1.82) is 5.26 Å². The molecule has 6 heteroatoms. The molecule has 5 nitrogen and oxygen atoms in total. The maximum atomic E-state index is 10.9. The molecule has 0 saturated carbocycles. The third-order valence-electron chi connectivity index (χ3n) is 2.55. The average molecular weight is 274 g/mol. The molecule has 1 aromatic heterocycles. The van der Waals surface area contributed by atoms with Gasteiger partial charge < -0.3 is 9.79 Å². The molecule has 0 spiro atoms. The van der Waals surface area contributed by atoms with Gasteiger partial charge in [-0.2, -0.15) is 5.26 Å². The molecule has 0 aliphatic carbocycles. The van der Waals surface area contributed by atoms with Gasteiger partial charge in [-0.05, 0) is 12.1 Å². The Bertz CT molecular complexity index is 671. The van der Waals surface area contributed by atoms with Crippen molar-refractivity contribution in [3.63, 3.8) is 0 Å². The quantitative estimate of drug-likeness (QED) is 0.837. The van der Waals surface area contributed by atoms with Gasteiger partial charge in [0, 0.05) is 17.3 Å². The molecule has 0 atom stereocenters. The lowest BCUT2D eigenvalue weighted by molar-refractivity contribution is 0.371. The van der Waals surface area contributed by atoms with E-state index in [1.165, 1.54) is 6.20 Å². The summed E-state index contributed by atoms with van der Waals surface area (Å²) < 4.78 is 10.9. The van der Waals surface area contributed by atoms with Crippen LogP contribution in [0.25, 0.3) is 11.1 Å². The first kappa shape index (κ1) is 13.4. The zero-order valence-electron chi connectivity index (χ0n) is 9.89. The highest BCUT2D eigenvalue weighted by atomic mass is 31.2. The summed E-state index contributed by atoms with van der Waals surface area (Å²) >= 11 is 0. The van der Waals surface area contributed by atoms with Gasteiger partial charge in [0.15, 0.2) is 0 Å². The van der Waals surface area contributed by atoms with Gasteiger partial charge in [-0.3, -0.25) is 9.55 Å². The summed E-state index contributed by atoms with van der Waals surface area (Å²) in [5, 5.41) is 9.01. The average Bonchev–Trinajstić information content (AvgIpc) is 2.38. The van der Waals surface area contributed by atoms with E-state index in [2.05, 4.69) is 11.1 Å². The predicted molar refractivity (Wildman–Crippen MR) is 70.1 cm³/mol. The number of benzene rings is 1. The molecule has 0 amide bonds. The van der Waals surface area contributed by atoms with Crippen molar-refractivity contribution in [2.24, 2.45) is 0 Å². The number of pyridine rings is 1. The summed E-state index contributed by atoms with van der Waals surface area (Å²) in [7, 11) is -4.10. The van der Waals surface area contributed by atoms with E-state index in [0.29, 0.717) is 11.3 Å². The van der Waals surface area contributed by atoms with Crippen LogP contribution in [0.5, 0.6) is 0 Å². The fourth-order valence-electron chi connectivity index (χ4n) is 1.72. The number of nitrogens with zero attached hydrogens (tertiary/aromatic N) is 2. The Morgan fingerprint density at radius 2 is 1.95 bits per heavy atom. The fourth-order valence-corrected chi connectivity index (χ4v) is 2.33. The minimum atomic E-state index is -4.10. The molecule has 1 heterocycles. The molecule has 0 saturated heterocycles. The van der Waals surface area contributed by atoms with Gasteiger partial charge >= 0.3 is 7.60 Å². The zero-order valence-corrected chi connectivity index (χ0v) is 10.8. The molecule has 96 valence electrons. The first-order valence-electron chi connectivity index (χ1n) is 5.48. The second-order valence-corrected chi connectivity index (χ2v) is 5.66. The van der Waals surface area contributed by atoms with Crippen LogP contribution in [-0.4, -0.2) is 14.8 Å². The van der Waals surface area contributed by atoms with Crippen molar-refractivity contribution >= 4 is 7.60 Å².